The largest absolute Gasteiger partial charge is 0.815 e. The van der Waals surface area contributed by atoms with E-state index in [9.17, 15) is 14.4 Å². The van der Waals surface area contributed by atoms with Gasteiger partial charge in [-0.1, -0.05) is 24.3 Å². The van der Waals surface area contributed by atoms with Crippen molar-refractivity contribution in [1.82, 2.24) is 4.57 Å². The summed E-state index contributed by atoms with van der Waals surface area (Å²) in [4.78, 5) is 36.4. The number of carbonyl (C=O) groups excluding carboxylic acids is 3. The van der Waals surface area contributed by atoms with Gasteiger partial charge < -0.3 is 13.1 Å². The molecule has 0 saturated carbocycles. The van der Waals surface area contributed by atoms with Crippen molar-refractivity contribution >= 4 is 78.0 Å². The van der Waals surface area contributed by atoms with Crippen LogP contribution in [0.5, 0.6) is 0 Å². The molecule has 0 aliphatic rings. The molecule has 0 spiro atoms. The lowest BCUT2D eigenvalue weighted by Gasteiger charge is -2.17. The normalized spacial score (nSPS) is 11.6. The summed E-state index contributed by atoms with van der Waals surface area (Å²) in [5, 5.41) is -0.562. The van der Waals surface area contributed by atoms with E-state index >= 15 is 0 Å². The molecule has 0 aliphatic carbocycles. The third-order valence-electron chi connectivity index (χ3n) is 3.67. The molecule has 146 valence electrons. The molecular formula is C18H15AlCl3NO5. The van der Waals surface area contributed by atoms with Crippen LogP contribution in [0.2, 0.25) is 0 Å². The van der Waals surface area contributed by atoms with Crippen molar-refractivity contribution in [2.75, 3.05) is 6.61 Å². The number of hydrogen-bond donors (Lipinski definition) is 0. The van der Waals surface area contributed by atoms with Crippen molar-refractivity contribution in [3.05, 3.63) is 54.3 Å². The van der Waals surface area contributed by atoms with Gasteiger partial charge in [-0.25, -0.2) is 4.79 Å². The van der Waals surface area contributed by atoms with Gasteiger partial charge >= 0.3 is 18.6 Å². The molecule has 0 aliphatic heterocycles. The van der Waals surface area contributed by atoms with Gasteiger partial charge in [0.1, 0.15) is 5.76 Å². The number of Topliss-reactive ketones (excluding diaryl/α,β-unsaturated/α-hetero) is 1. The first kappa shape index (κ1) is 22.5. The summed E-state index contributed by atoms with van der Waals surface area (Å²) in [5.41, 5.74) is 0.441. The number of hydrogen-bond acceptors (Lipinski definition) is 5. The monoisotopic (exact) mass is 457 g/mol. The van der Waals surface area contributed by atoms with Crippen molar-refractivity contribution in [2.45, 2.75) is 13.5 Å². The Hall–Kier alpha value is -1.75. The number of aromatic nitrogens is 1. The Bertz CT molecular complexity index is 967. The topological polar surface area (TPSA) is 74.6 Å². The Morgan fingerprint density at radius 1 is 1.25 bits per heavy atom. The molecule has 0 fully saturated rings. The molecule has 28 heavy (non-hydrogen) atoms. The highest BCUT2D eigenvalue weighted by Crippen LogP contribution is 2.31. The van der Waals surface area contributed by atoms with Crippen LogP contribution in [0.25, 0.3) is 16.7 Å². The summed E-state index contributed by atoms with van der Waals surface area (Å²) < 4.78 is 12.2. The van der Waals surface area contributed by atoms with Gasteiger partial charge in [0.25, 0.3) is 11.0 Å². The number of ketones is 1. The third kappa shape index (κ3) is 4.99. The van der Waals surface area contributed by atoms with E-state index in [1.807, 2.05) is 24.3 Å². The number of allylic oxidation sites excluding steroid dienone is 1. The van der Waals surface area contributed by atoms with Gasteiger partial charge in [0.05, 0.1) is 12.3 Å². The smallest absolute Gasteiger partial charge is 0.618 e. The summed E-state index contributed by atoms with van der Waals surface area (Å²) in [6.45, 7) is 5.57. The molecular weight excluding hydrogens is 444 g/mol. The fraction of sp³-hybridized carbons (Fsp3) is 0.167. The number of nitrogens with zero attached hydrogens (tertiary/aromatic N) is 1. The number of para-hydroxylation sites is 1. The molecule has 0 atom stereocenters. The molecule has 2 aromatic rings. The van der Waals surface area contributed by atoms with E-state index in [4.69, 9.17) is 40.2 Å². The number of ether oxygens (including phenoxy) is 1. The zero-order chi connectivity index (χ0) is 20.8. The van der Waals surface area contributed by atoms with Gasteiger partial charge in [-0.05, 0) is 30.7 Å². The molecule has 0 N–H and O–H groups in total. The minimum Gasteiger partial charge on any atom is -0.618 e. The standard InChI is InChI=1S/C18H16ClNO5.Al.2ClH/c1-3-9-20-12-8-6-5-7-11(12)10-13(20)15(21)14(16(22)17(19)23)18(24)25-4-2;;;/h3,5-8,10,21H,1,4,9H2,2H3;;2*1H/q;+3;;/p-3/b15-14-;;;. The quantitative estimate of drug-likeness (QED) is 0.0655. The minimum atomic E-state index is -2.84. The van der Waals surface area contributed by atoms with Crippen LogP contribution < -0.4 is 0 Å². The lowest BCUT2D eigenvalue weighted by Crippen LogP contribution is -2.24. The molecule has 0 radical (unpaired) electrons. The number of halogens is 3. The Balaban J connectivity index is 2.88. The second kappa shape index (κ2) is 10.2. The number of benzene rings is 1. The predicted octanol–water partition coefficient (Wildman–Crippen LogP) is 3.92. The summed E-state index contributed by atoms with van der Waals surface area (Å²) >= 11 is 2.51. The van der Waals surface area contributed by atoms with Crippen LogP contribution >= 0.6 is 31.7 Å². The zero-order valence-electron chi connectivity index (χ0n) is 14.8. The number of esters is 1. The Morgan fingerprint density at radius 2 is 1.93 bits per heavy atom. The molecule has 6 nitrogen and oxygen atoms in total. The first-order valence-electron chi connectivity index (χ1n) is 8.11. The van der Waals surface area contributed by atoms with Gasteiger partial charge in [-0.3, -0.25) is 9.59 Å². The van der Waals surface area contributed by atoms with Gasteiger partial charge in [0.15, 0.2) is 5.57 Å². The lowest BCUT2D eigenvalue weighted by atomic mass is 10.1. The van der Waals surface area contributed by atoms with Crippen molar-refractivity contribution in [3.8, 4) is 0 Å². The van der Waals surface area contributed by atoms with Crippen LogP contribution in [0.3, 0.4) is 0 Å². The predicted molar refractivity (Wildman–Crippen MR) is 110 cm³/mol. The molecule has 0 bridgehead atoms. The number of carbonyl (C=O) groups is 3. The van der Waals surface area contributed by atoms with E-state index in [-0.39, 0.29) is 12.4 Å². The first-order valence-corrected chi connectivity index (χ1v) is 12.5. The molecule has 2 rings (SSSR count). The summed E-state index contributed by atoms with van der Waals surface area (Å²) in [5.74, 6) is -2.58. The van der Waals surface area contributed by atoms with E-state index in [0.717, 1.165) is 10.9 Å². The Labute approximate surface area is 179 Å². The van der Waals surface area contributed by atoms with E-state index < -0.39 is 35.2 Å². The molecule has 1 heterocycles. The van der Waals surface area contributed by atoms with Gasteiger partial charge in [-0.15, -0.1) is 6.58 Å². The Morgan fingerprint density at radius 3 is 2.50 bits per heavy atom. The maximum atomic E-state index is 12.5. The maximum absolute atomic E-state index is 12.5. The zero-order valence-corrected chi connectivity index (χ0v) is 18.2. The molecule has 1 aromatic heterocycles. The number of fused-ring (bicyclic) bond motifs is 1. The lowest BCUT2D eigenvalue weighted by molar-refractivity contribution is -0.141. The van der Waals surface area contributed by atoms with Crippen molar-refractivity contribution in [2.24, 2.45) is 0 Å². The van der Waals surface area contributed by atoms with Gasteiger partial charge in [0, 0.05) is 17.4 Å². The van der Waals surface area contributed by atoms with Crippen LogP contribution in [0.15, 0.2) is 48.6 Å². The van der Waals surface area contributed by atoms with E-state index in [2.05, 4.69) is 6.58 Å². The van der Waals surface area contributed by atoms with Crippen LogP contribution in [-0.2, 0) is 29.5 Å². The van der Waals surface area contributed by atoms with Gasteiger partial charge in [-0.2, -0.15) is 20.1 Å². The van der Waals surface area contributed by atoms with Crippen molar-refractivity contribution in [3.63, 3.8) is 0 Å². The summed E-state index contributed by atoms with van der Waals surface area (Å²) in [6.07, 6.45) is 1.63. The SMILES string of the molecule is C=CCn1c(/C([O][Al]([Cl])[Cl])=C(/C(=O)OCC)C(=O)C(=O)Cl)cc2ccccc21. The highest BCUT2D eigenvalue weighted by molar-refractivity contribution is 7.31. The third-order valence-corrected chi connectivity index (χ3v) is 4.79. The summed E-state index contributed by atoms with van der Waals surface area (Å²) in [7, 11) is 11.8. The highest BCUT2D eigenvalue weighted by Gasteiger charge is 2.34. The van der Waals surface area contributed by atoms with Crippen LogP contribution in [0.4, 0.5) is 0 Å². The van der Waals surface area contributed by atoms with E-state index in [1.54, 1.807) is 23.6 Å². The molecule has 0 saturated heterocycles. The minimum absolute atomic E-state index is 0.0301. The molecule has 0 amide bonds. The fourth-order valence-electron chi connectivity index (χ4n) is 2.65. The fourth-order valence-corrected chi connectivity index (χ4v) is 3.70. The van der Waals surface area contributed by atoms with Crippen LogP contribution in [0.1, 0.15) is 12.6 Å². The van der Waals surface area contributed by atoms with E-state index in [1.165, 1.54) is 0 Å². The van der Waals surface area contributed by atoms with Gasteiger partial charge in [0.2, 0.25) is 0 Å². The molecule has 1 aromatic carbocycles. The molecule has 10 heteroatoms. The Kier molecular flexibility index (Phi) is 8.17. The average Bonchev–Trinajstić information content (AvgIpc) is 3.00. The average molecular weight is 459 g/mol. The second-order valence-corrected chi connectivity index (χ2v) is 9.54. The highest BCUT2D eigenvalue weighted by atomic mass is 35.7. The van der Waals surface area contributed by atoms with E-state index in [0.29, 0.717) is 12.2 Å². The van der Waals surface area contributed by atoms with Crippen LogP contribution in [-0.4, -0.2) is 40.8 Å². The number of rotatable bonds is 9. The summed E-state index contributed by atoms with van der Waals surface area (Å²) in [6, 6.07) is 9.02. The molecule has 0 unspecified atom stereocenters. The first-order chi connectivity index (χ1) is 13.3. The second-order valence-electron chi connectivity index (χ2n) is 5.39. The maximum Gasteiger partial charge on any atom is 0.815 e. The van der Waals surface area contributed by atoms with Crippen molar-refractivity contribution in [1.29, 1.82) is 0 Å². The van der Waals surface area contributed by atoms with Crippen LogP contribution in [0, 0.1) is 0 Å². The van der Waals surface area contributed by atoms with Crippen molar-refractivity contribution < 1.29 is 22.9 Å².